The summed E-state index contributed by atoms with van der Waals surface area (Å²) in [6.45, 7) is 0. The minimum absolute atomic E-state index is 0.0514. The SMILES string of the molecule is O=C1C(O)=CC(c2cc(F)cc(F)c2)N1c1ccc(OC(F)(F)F)cc1. The second-order valence-electron chi connectivity index (χ2n) is 5.42. The van der Waals surface area contributed by atoms with Gasteiger partial charge in [0.1, 0.15) is 17.4 Å². The molecule has 1 unspecified atom stereocenters. The highest BCUT2D eigenvalue weighted by Gasteiger charge is 2.35. The lowest BCUT2D eigenvalue weighted by Gasteiger charge is -2.25. The van der Waals surface area contributed by atoms with E-state index >= 15 is 0 Å². The van der Waals surface area contributed by atoms with Crippen molar-refractivity contribution in [3.8, 4) is 5.75 Å². The van der Waals surface area contributed by atoms with Crippen LogP contribution >= 0.6 is 0 Å². The fourth-order valence-electron chi connectivity index (χ4n) is 2.62. The molecule has 26 heavy (non-hydrogen) atoms. The van der Waals surface area contributed by atoms with E-state index < -0.39 is 41.5 Å². The predicted octanol–water partition coefficient (Wildman–Crippen LogP) is 4.39. The highest BCUT2D eigenvalue weighted by Crippen LogP contribution is 2.36. The fraction of sp³-hybridized carbons (Fsp3) is 0.118. The predicted molar refractivity (Wildman–Crippen MR) is 80.4 cm³/mol. The minimum atomic E-state index is -4.87. The van der Waals surface area contributed by atoms with Crippen molar-refractivity contribution in [2.45, 2.75) is 12.4 Å². The van der Waals surface area contributed by atoms with E-state index in [0.717, 1.165) is 47.4 Å². The summed E-state index contributed by atoms with van der Waals surface area (Å²) in [5.41, 5.74) is 0.162. The Morgan fingerprint density at radius 1 is 1.00 bits per heavy atom. The van der Waals surface area contributed by atoms with E-state index in [1.54, 1.807) is 0 Å². The van der Waals surface area contributed by atoms with E-state index in [1.165, 1.54) is 0 Å². The molecule has 4 nitrogen and oxygen atoms in total. The first-order chi connectivity index (χ1) is 12.1. The molecule has 0 saturated heterocycles. The van der Waals surface area contributed by atoms with Gasteiger partial charge in [-0.05, 0) is 48.0 Å². The second kappa shape index (κ2) is 6.32. The van der Waals surface area contributed by atoms with Crippen LogP contribution in [0.15, 0.2) is 54.3 Å². The maximum atomic E-state index is 13.5. The molecule has 0 saturated carbocycles. The summed E-state index contributed by atoms with van der Waals surface area (Å²) in [4.78, 5) is 13.2. The van der Waals surface area contributed by atoms with Crippen LogP contribution in [0.1, 0.15) is 11.6 Å². The zero-order chi connectivity index (χ0) is 19.1. The van der Waals surface area contributed by atoms with Gasteiger partial charge in [0.25, 0.3) is 5.91 Å². The maximum Gasteiger partial charge on any atom is 0.573 e. The molecule has 9 heteroatoms. The molecule has 1 heterocycles. The molecule has 0 radical (unpaired) electrons. The van der Waals surface area contributed by atoms with Gasteiger partial charge >= 0.3 is 6.36 Å². The number of rotatable bonds is 3. The number of hydrogen-bond donors (Lipinski definition) is 1. The van der Waals surface area contributed by atoms with Crippen LogP contribution in [0.5, 0.6) is 5.75 Å². The van der Waals surface area contributed by atoms with Crippen molar-refractivity contribution >= 4 is 11.6 Å². The molecule has 0 aromatic heterocycles. The Morgan fingerprint density at radius 2 is 1.58 bits per heavy atom. The standard InChI is InChI=1S/C17H10F5NO3/c18-10-5-9(6-11(19)7-10)14-8-15(24)16(25)23(14)12-1-3-13(4-2-12)26-17(20,21)22/h1-8,14,24H. The van der Waals surface area contributed by atoms with Gasteiger partial charge in [-0.25, -0.2) is 8.78 Å². The number of aliphatic hydroxyl groups is 1. The summed E-state index contributed by atoms with van der Waals surface area (Å²) >= 11 is 0. The van der Waals surface area contributed by atoms with Gasteiger partial charge in [-0.2, -0.15) is 0 Å². The molecule has 0 aliphatic carbocycles. The average molecular weight is 371 g/mol. The molecule has 1 atom stereocenters. The molecule has 0 fully saturated rings. The van der Waals surface area contributed by atoms with Gasteiger partial charge in [0.15, 0.2) is 5.76 Å². The van der Waals surface area contributed by atoms with E-state index in [1.807, 2.05) is 0 Å². The second-order valence-corrected chi connectivity index (χ2v) is 5.42. The number of anilines is 1. The van der Waals surface area contributed by atoms with Crippen molar-refractivity contribution in [3.05, 3.63) is 71.5 Å². The number of benzene rings is 2. The Hall–Kier alpha value is -3.10. The molecular weight excluding hydrogens is 361 g/mol. The molecule has 136 valence electrons. The maximum absolute atomic E-state index is 13.5. The Morgan fingerprint density at radius 3 is 2.12 bits per heavy atom. The number of ether oxygens (including phenoxy) is 1. The van der Waals surface area contributed by atoms with Gasteiger partial charge < -0.3 is 9.84 Å². The highest BCUT2D eigenvalue weighted by atomic mass is 19.4. The van der Waals surface area contributed by atoms with Crippen LogP contribution in [-0.4, -0.2) is 17.4 Å². The zero-order valence-electron chi connectivity index (χ0n) is 12.8. The van der Waals surface area contributed by atoms with E-state index in [0.29, 0.717) is 6.07 Å². The van der Waals surface area contributed by atoms with Gasteiger partial charge in [0, 0.05) is 11.8 Å². The lowest BCUT2D eigenvalue weighted by Crippen LogP contribution is -2.29. The first kappa shape index (κ1) is 17.7. The molecule has 3 rings (SSSR count). The quantitative estimate of drug-likeness (QED) is 0.814. The van der Waals surface area contributed by atoms with Crippen LogP contribution in [0.25, 0.3) is 0 Å². The van der Waals surface area contributed by atoms with Crippen LogP contribution in [0.4, 0.5) is 27.6 Å². The third-order valence-corrected chi connectivity index (χ3v) is 3.61. The number of carbonyl (C=O) groups excluding carboxylic acids is 1. The fourth-order valence-corrected chi connectivity index (χ4v) is 2.62. The first-order valence-corrected chi connectivity index (χ1v) is 7.20. The summed E-state index contributed by atoms with van der Waals surface area (Å²) in [5, 5.41) is 9.72. The number of hydrogen-bond acceptors (Lipinski definition) is 3. The van der Waals surface area contributed by atoms with Crippen molar-refractivity contribution < 1.29 is 36.6 Å². The molecule has 1 aliphatic rings. The third-order valence-electron chi connectivity index (χ3n) is 3.61. The van der Waals surface area contributed by atoms with Crippen molar-refractivity contribution in [2.24, 2.45) is 0 Å². The lowest BCUT2D eigenvalue weighted by molar-refractivity contribution is -0.274. The topological polar surface area (TPSA) is 49.8 Å². The Kier molecular flexibility index (Phi) is 4.31. The number of alkyl halides is 3. The molecule has 0 spiro atoms. The number of amides is 1. The monoisotopic (exact) mass is 371 g/mol. The largest absolute Gasteiger partial charge is 0.573 e. The summed E-state index contributed by atoms with van der Waals surface area (Å²) < 4.78 is 67.3. The molecular formula is C17H10F5NO3. The van der Waals surface area contributed by atoms with Gasteiger partial charge in [-0.1, -0.05) is 0 Å². The summed E-state index contributed by atoms with van der Waals surface area (Å²) in [6, 6.07) is 5.89. The summed E-state index contributed by atoms with van der Waals surface area (Å²) in [7, 11) is 0. The van der Waals surface area contributed by atoms with Crippen LogP contribution < -0.4 is 9.64 Å². The molecule has 1 aliphatic heterocycles. The Bertz CT molecular complexity index is 857. The van der Waals surface area contributed by atoms with E-state index in [4.69, 9.17) is 0 Å². The van der Waals surface area contributed by atoms with Crippen LogP contribution in [-0.2, 0) is 4.79 Å². The van der Waals surface area contributed by atoms with E-state index in [2.05, 4.69) is 4.74 Å². The van der Waals surface area contributed by atoms with Crippen molar-refractivity contribution in [1.29, 1.82) is 0 Å². The molecule has 1 amide bonds. The lowest BCUT2D eigenvalue weighted by atomic mass is 10.1. The smallest absolute Gasteiger partial charge is 0.503 e. The summed E-state index contributed by atoms with van der Waals surface area (Å²) in [6.07, 6.45) is -3.77. The third kappa shape index (κ3) is 3.61. The number of aliphatic hydroxyl groups excluding tert-OH is 1. The van der Waals surface area contributed by atoms with Crippen LogP contribution in [0.2, 0.25) is 0 Å². The molecule has 2 aromatic rings. The summed E-state index contributed by atoms with van der Waals surface area (Å²) in [5.74, 6) is -3.75. The molecule has 1 N–H and O–H groups in total. The highest BCUT2D eigenvalue weighted by molar-refractivity contribution is 6.07. The van der Waals surface area contributed by atoms with Crippen LogP contribution in [0, 0.1) is 11.6 Å². The minimum Gasteiger partial charge on any atom is -0.503 e. The van der Waals surface area contributed by atoms with Crippen molar-refractivity contribution in [1.82, 2.24) is 0 Å². The number of halogens is 5. The van der Waals surface area contributed by atoms with Crippen molar-refractivity contribution in [3.63, 3.8) is 0 Å². The van der Waals surface area contributed by atoms with Crippen LogP contribution in [0.3, 0.4) is 0 Å². The zero-order valence-corrected chi connectivity index (χ0v) is 12.8. The molecule has 0 bridgehead atoms. The Labute approximate surface area is 143 Å². The average Bonchev–Trinajstić information content (AvgIpc) is 2.81. The molecule has 2 aromatic carbocycles. The van der Waals surface area contributed by atoms with Gasteiger partial charge in [0.05, 0.1) is 6.04 Å². The first-order valence-electron chi connectivity index (χ1n) is 7.20. The van der Waals surface area contributed by atoms with E-state index in [-0.39, 0.29) is 11.3 Å². The normalized spacial score (nSPS) is 17.4. The number of nitrogens with zero attached hydrogens (tertiary/aromatic N) is 1. The van der Waals surface area contributed by atoms with E-state index in [9.17, 15) is 31.9 Å². The van der Waals surface area contributed by atoms with Gasteiger partial charge in [-0.15, -0.1) is 13.2 Å². The number of carbonyl (C=O) groups is 1. The Balaban J connectivity index is 1.95. The van der Waals surface area contributed by atoms with Crippen molar-refractivity contribution in [2.75, 3.05) is 4.90 Å². The van der Waals surface area contributed by atoms with Gasteiger partial charge in [-0.3, -0.25) is 9.69 Å². The van der Waals surface area contributed by atoms with Gasteiger partial charge in [0.2, 0.25) is 0 Å².